The van der Waals surface area contributed by atoms with Gasteiger partial charge in [-0.25, -0.2) is 17.5 Å². The summed E-state index contributed by atoms with van der Waals surface area (Å²) in [6.45, 7) is 1.40. The van der Waals surface area contributed by atoms with E-state index in [2.05, 4.69) is 4.72 Å². The first-order chi connectivity index (χ1) is 9.87. The molecule has 2 N–H and O–H groups in total. The Hall–Kier alpha value is -0.690. The van der Waals surface area contributed by atoms with E-state index in [-0.39, 0.29) is 21.5 Å². The molecule has 1 aliphatic carbocycles. The van der Waals surface area contributed by atoms with Gasteiger partial charge in [-0.05, 0) is 30.9 Å². The van der Waals surface area contributed by atoms with Gasteiger partial charge >= 0.3 is 0 Å². The number of rotatable bonds is 7. The van der Waals surface area contributed by atoms with Gasteiger partial charge in [0.2, 0.25) is 10.0 Å². The predicted molar refractivity (Wildman–Crippen MR) is 79.1 cm³/mol. The lowest BCUT2D eigenvalue weighted by atomic mass is 10.1. The predicted octanol–water partition coefficient (Wildman–Crippen LogP) is 2.83. The van der Waals surface area contributed by atoms with Crippen LogP contribution in [0.1, 0.15) is 38.2 Å². The van der Waals surface area contributed by atoms with Gasteiger partial charge in [-0.1, -0.05) is 31.4 Å². The Bertz CT molecular complexity index is 617. The average molecular weight is 336 g/mol. The quantitative estimate of drug-likeness (QED) is 0.805. The molecular weight excluding hydrogens is 317 g/mol. The zero-order valence-corrected chi connectivity index (χ0v) is 13.3. The molecule has 1 aliphatic rings. The molecule has 0 amide bonds. The first-order valence-corrected chi connectivity index (χ1v) is 8.84. The highest BCUT2D eigenvalue weighted by atomic mass is 35.5. The van der Waals surface area contributed by atoms with Gasteiger partial charge in [-0.15, -0.1) is 0 Å². The number of halogens is 2. The fraction of sp³-hybridized carbons (Fsp3) is 0.571. The maximum absolute atomic E-state index is 13.7. The molecule has 21 heavy (non-hydrogen) atoms. The van der Waals surface area contributed by atoms with Crippen molar-refractivity contribution in [3.8, 4) is 0 Å². The van der Waals surface area contributed by atoms with Crippen LogP contribution >= 0.6 is 11.6 Å². The van der Waals surface area contributed by atoms with Crippen molar-refractivity contribution in [1.82, 2.24) is 4.72 Å². The van der Waals surface area contributed by atoms with Crippen LogP contribution in [0.15, 0.2) is 17.0 Å². The standard InChI is InChI=1S/C14H19ClFNO3S/c1-2-11(5-9-3-4-9)17-21(19,20)12-6-10(8-18)14(15)13(16)7-12/h6-7,9,11,17-18H,2-5,8H2,1H3. The maximum Gasteiger partial charge on any atom is 0.240 e. The summed E-state index contributed by atoms with van der Waals surface area (Å²) in [6.07, 6.45) is 3.77. The molecule has 1 atom stereocenters. The van der Waals surface area contributed by atoms with E-state index in [1.165, 1.54) is 6.07 Å². The molecule has 0 spiro atoms. The van der Waals surface area contributed by atoms with E-state index in [1.54, 1.807) is 0 Å². The highest BCUT2D eigenvalue weighted by Crippen LogP contribution is 2.34. The fourth-order valence-electron chi connectivity index (χ4n) is 2.23. The third-order valence-corrected chi connectivity index (χ3v) is 5.61. The van der Waals surface area contributed by atoms with Crippen molar-refractivity contribution in [3.63, 3.8) is 0 Å². The normalized spacial score (nSPS) is 17.0. The van der Waals surface area contributed by atoms with Gasteiger partial charge in [0.15, 0.2) is 0 Å². The third-order valence-electron chi connectivity index (χ3n) is 3.69. The highest BCUT2D eigenvalue weighted by molar-refractivity contribution is 7.89. The summed E-state index contributed by atoms with van der Waals surface area (Å²) in [6, 6.07) is 1.93. The first-order valence-electron chi connectivity index (χ1n) is 6.98. The van der Waals surface area contributed by atoms with E-state index in [9.17, 15) is 12.8 Å². The Morgan fingerprint density at radius 3 is 2.67 bits per heavy atom. The van der Waals surface area contributed by atoms with Crippen LogP contribution in [0, 0.1) is 11.7 Å². The molecule has 1 aromatic carbocycles. The first kappa shape index (κ1) is 16.7. The lowest BCUT2D eigenvalue weighted by Crippen LogP contribution is -2.34. The minimum Gasteiger partial charge on any atom is -0.392 e. The van der Waals surface area contributed by atoms with Crippen LogP contribution in [0.4, 0.5) is 4.39 Å². The van der Waals surface area contributed by atoms with Gasteiger partial charge in [0.1, 0.15) is 5.82 Å². The largest absolute Gasteiger partial charge is 0.392 e. The molecule has 0 bridgehead atoms. The molecule has 7 heteroatoms. The molecular formula is C14H19ClFNO3S. The molecule has 0 aliphatic heterocycles. The smallest absolute Gasteiger partial charge is 0.240 e. The minimum absolute atomic E-state index is 0.0623. The Morgan fingerprint density at radius 2 is 2.14 bits per heavy atom. The molecule has 4 nitrogen and oxygen atoms in total. The van der Waals surface area contributed by atoms with Gasteiger partial charge in [0.05, 0.1) is 16.5 Å². The van der Waals surface area contributed by atoms with E-state index in [0.29, 0.717) is 12.3 Å². The third kappa shape index (κ3) is 4.16. The Kier molecular flexibility index (Phi) is 5.24. The van der Waals surface area contributed by atoms with Gasteiger partial charge in [-0.3, -0.25) is 0 Å². The van der Waals surface area contributed by atoms with Gasteiger partial charge in [0, 0.05) is 11.6 Å². The summed E-state index contributed by atoms with van der Waals surface area (Å²) in [4.78, 5) is -0.206. The Labute approximate surface area is 129 Å². The van der Waals surface area contributed by atoms with Crippen molar-refractivity contribution in [1.29, 1.82) is 0 Å². The van der Waals surface area contributed by atoms with E-state index in [1.807, 2.05) is 6.92 Å². The summed E-state index contributed by atoms with van der Waals surface area (Å²) in [5.74, 6) is -0.258. The second kappa shape index (κ2) is 6.60. The minimum atomic E-state index is -3.82. The summed E-state index contributed by atoms with van der Waals surface area (Å²) < 4.78 is 40.9. The van der Waals surface area contributed by atoms with Crippen molar-refractivity contribution in [2.75, 3.05) is 0 Å². The lowest BCUT2D eigenvalue weighted by molar-refractivity contribution is 0.281. The molecule has 0 saturated heterocycles. The molecule has 1 fully saturated rings. The number of sulfonamides is 1. The van der Waals surface area contributed by atoms with Crippen molar-refractivity contribution < 1.29 is 17.9 Å². The zero-order valence-electron chi connectivity index (χ0n) is 11.8. The second-order valence-corrected chi connectivity index (χ2v) is 7.53. The molecule has 1 aromatic rings. The van der Waals surface area contributed by atoms with Crippen molar-refractivity contribution in [3.05, 3.63) is 28.5 Å². The Balaban J connectivity index is 2.23. The summed E-state index contributed by atoms with van der Waals surface area (Å²) in [7, 11) is -3.82. The molecule has 1 unspecified atom stereocenters. The average Bonchev–Trinajstić information content (AvgIpc) is 3.24. The molecule has 1 saturated carbocycles. The topological polar surface area (TPSA) is 66.4 Å². The van der Waals surface area contributed by atoms with E-state index in [0.717, 1.165) is 25.3 Å². The number of nitrogens with one attached hydrogen (secondary N) is 1. The molecule has 0 aromatic heterocycles. The van der Waals surface area contributed by atoms with Crippen molar-refractivity contribution in [2.24, 2.45) is 5.92 Å². The lowest BCUT2D eigenvalue weighted by Gasteiger charge is -2.17. The number of benzene rings is 1. The Morgan fingerprint density at radius 1 is 1.48 bits per heavy atom. The SMILES string of the molecule is CCC(CC1CC1)NS(=O)(=O)c1cc(F)c(Cl)c(CO)c1. The molecule has 118 valence electrons. The summed E-state index contributed by atoms with van der Waals surface area (Å²) >= 11 is 5.68. The fourth-order valence-corrected chi connectivity index (χ4v) is 3.79. The highest BCUT2D eigenvalue weighted by Gasteiger charge is 2.28. The van der Waals surface area contributed by atoms with Crippen LogP contribution < -0.4 is 4.72 Å². The van der Waals surface area contributed by atoms with Crippen LogP contribution in [0.5, 0.6) is 0 Å². The number of aliphatic hydroxyl groups excluding tert-OH is 1. The van der Waals surface area contributed by atoms with E-state index >= 15 is 0 Å². The van der Waals surface area contributed by atoms with Gasteiger partial charge < -0.3 is 5.11 Å². The van der Waals surface area contributed by atoms with Crippen LogP contribution in [0.2, 0.25) is 5.02 Å². The van der Waals surface area contributed by atoms with E-state index < -0.39 is 22.4 Å². The number of hydrogen-bond donors (Lipinski definition) is 2. The number of aliphatic hydroxyl groups is 1. The summed E-state index contributed by atoms with van der Waals surface area (Å²) in [5.41, 5.74) is 0.0623. The zero-order chi connectivity index (χ0) is 15.6. The van der Waals surface area contributed by atoms with Gasteiger partial charge in [-0.2, -0.15) is 0 Å². The summed E-state index contributed by atoms with van der Waals surface area (Å²) in [5, 5.41) is 8.87. The van der Waals surface area contributed by atoms with E-state index in [4.69, 9.17) is 16.7 Å². The van der Waals surface area contributed by atoms with Crippen molar-refractivity contribution >= 4 is 21.6 Å². The van der Waals surface area contributed by atoms with Crippen LogP contribution in [0.25, 0.3) is 0 Å². The van der Waals surface area contributed by atoms with Gasteiger partial charge in [0.25, 0.3) is 0 Å². The van der Waals surface area contributed by atoms with Crippen molar-refractivity contribution in [2.45, 2.75) is 50.2 Å². The molecule has 2 rings (SSSR count). The van der Waals surface area contributed by atoms with Crippen LogP contribution in [0.3, 0.4) is 0 Å². The monoisotopic (exact) mass is 335 g/mol. The van der Waals surface area contributed by atoms with Crippen LogP contribution in [-0.4, -0.2) is 19.6 Å². The molecule has 0 heterocycles. The van der Waals surface area contributed by atoms with Crippen LogP contribution in [-0.2, 0) is 16.6 Å². The molecule has 0 radical (unpaired) electrons. The maximum atomic E-state index is 13.7. The number of hydrogen-bond acceptors (Lipinski definition) is 3. The second-order valence-electron chi connectivity index (χ2n) is 5.44.